The van der Waals surface area contributed by atoms with Crippen LogP contribution in [-0.4, -0.2) is 32.2 Å². The number of ether oxygens (including phenoxy) is 2. The van der Waals surface area contributed by atoms with E-state index in [-0.39, 0.29) is 6.03 Å². The van der Waals surface area contributed by atoms with Gasteiger partial charge in [0.05, 0.1) is 24.9 Å². The van der Waals surface area contributed by atoms with Crippen molar-refractivity contribution in [3.05, 3.63) is 52.0 Å². The summed E-state index contributed by atoms with van der Waals surface area (Å²) in [5, 5.41) is 3.85. The Morgan fingerprint density at radius 2 is 1.71 bits per heavy atom. The second-order valence-corrected chi connectivity index (χ2v) is 5.94. The summed E-state index contributed by atoms with van der Waals surface area (Å²) in [5.41, 5.74) is 1.45. The number of nitrogens with one attached hydrogen (secondary N) is 1. The lowest BCUT2D eigenvalue weighted by Gasteiger charge is -2.20. The summed E-state index contributed by atoms with van der Waals surface area (Å²) in [6.45, 7) is 0.441. The average Bonchev–Trinajstić information content (AvgIpc) is 2.57. The molecule has 2 rings (SSSR count). The predicted octanol–water partition coefficient (Wildman–Crippen LogP) is 4.67. The molecule has 0 unspecified atom stereocenters. The Morgan fingerprint density at radius 1 is 1.08 bits per heavy atom. The second-order valence-electron chi connectivity index (χ2n) is 5.10. The van der Waals surface area contributed by atoms with E-state index < -0.39 is 0 Å². The number of rotatable bonds is 5. The van der Waals surface area contributed by atoms with Gasteiger partial charge in [0.25, 0.3) is 0 Å². The average molecular weight is 369 g/mol. The molecule has 0 atom stereocenters. The third kappa shape index (κ3) is 4.46. The lowest BCUT2D eigenvalue weighted by atomic mass is 10.2. The maximum atomic E-state index is 12.4. The van der Waals surface area contributed by atoms with Gasteiger partial charge in [-0.25, -0.2) is 4.79 Å². The molecule has 0 saturated carbocycles. The number of carbonyl (C=O) groups is 1. The van der Waals surface area contributed by atoms with Crippen LogP contribution >= 0.6 is 23.2 Å². The molecule has 0 aromatic heterocycles. The number of methoxy groups -OCH3 is 2. The minimum absolute atomic E-state index is 0.285. The van der Waals surface area contributed by atoms with Gasteiger partial charge in [0, 0.05) is 30.7 Å². The molecule has 24 heavy (non-hydrogen) atoms. The molecule has 2 aromatic rings. The van der Waals surface area contributed by atoms with Gasteiger partial charge < -0.3 is 19.7 Å². The highest BCUT2D eigenvalue weighted by atomic mass is 35.5. The Kier molecular flexibility index (Phi) is 6.17. The smallest absolute Gasteiger partial charge is 0.321 e. The zero-order valence-corrected chi connectivity index (χ0v) is 15.1. The van der Waals surface area contributed by atoms with Gasteiger partial charge in [-0.15, -0.1) is 0 Å². The third-order valence-corrected chi connectivity index (χ3v) is 3.94. The molecule has 1 N–H and O–H groups in total. The van der Waals surface area contributed by atoms with E-state index in [1.165, 1.54) is 14.2 Å². The maximum Gasteiger partial charge on any atom is 0.321 e. The number of urea groups is 1. The number of nitrogens with zero attached hydrogens (tertiary/aromatic N) is 1. The summed E-state index contributed by atoms with van der Waals surface area (Å²) < 4.78 is 10.4. The van der Waals surface area contributed by atoms with Crippen LogP contribution in [0.1, 0.15) is 5.56 Å². The van der Waals surface area contributed by atoms with Gasteiger partial charge in [0.1, 0.15) is 11.5 Å². The first-order valence-corrected chi connectivity index (χ1v) is 7.88. The summed E-state index contributed by atoms with van der Waals surface area (Å²) in [7, 11) is 4.71. The Morgan fingerprint density at radius 3 is 2.29 bits per heavy atom. The van der Waals surface area contributed by atoms with Crippen LogP contribution in [-0.2, 0) is 6.54 Å². The van der Waals surface area contributed by atoms with Gasteiger partial charge in [0.15, 0.2) is 0 Å². The fourth-order valence-corrected chi connectivity index (χ4v) is 2.46. The van der Waals surface area contributed by atoms with E-state index in [1.807, 2.05) is 12.1 Å². The molecule has 0 aliphatic carbocycles. The van der Waals surface area contributed by atoms with Gasteiger partial charge in [-0.3, -0.25) is 0 Å². The number of amides is 2. The van der Waals surface area contributed by atoms with Crippen LogP contribution < -0.4 is 14.8 Å². The first-order chi connectivity index (χ1) is 11.4. The fraction of sp³-hybridized carbons (Fsp3) is 0.235. The summed E-state index contributed by atoms with van der Waals surface area (Å²) in [5.74, 6) is 0.905. The molecule has 0 heterocycles. The molecule has 128 valence electrons. The number of anilines is 1. The van der Waals surface area contributed by atoms with Crippen molar-refractivity contribution in [2.45, 2.75) is 6.54 Å². The van der Waals surface area contributed by atoms with Crippen molar-refractivity contribution < 1.29 is 14.3 Å². The van der Waals surface area contributed by atoms with Crippen LogP contribution in [0.2, 0.25) is 10.0 Å². The Hall–Kier alpha value is -2.11. The molecule has 0 aliphatic heterocycles. The zero-order chi connectivity index (χ0) is 17.7. The van der Waals surface area contributed by atoms with E-state index in [4.69, 9.17) is 32.7 Å². The van der Waals surface area contributed by atoms with Crippen molar-refractivity contribution >= 4 is 34.9 Å². The molecular formula is C17H18Cl2N2O3. The molecule has 2 aromatic carbocycles. The van der Waals surface area contributed by atoms with Crippen molar-refractivity contribution in [3.63, 3.8) is 0 Å². The number of halogens is 2. The topological polar surface area (TPSA) is 50.8 Å². The van der Waals surface area contributed by atoms with Crippen molar-refractivity contribution in [2.24, 2.45) is 0 Å². The summed E-state index contributed by atoms with van der Waals surface area (Å²) >= 11 is 11.9. The predicted molar refractivity (Wildman–Crippen MR) is 96.5 cm³/mol. The molecule has 5 nitrogen and oxygen atoms in total. The molecule has 0 saturated heterocycles. The SMILES string of the molecule is COc1cc(NC(=O)N(C)Cc2ccc(Cl)cc2)c(OC)cc1Cl. The van der Waals surface area contributed by atoms with E-state index in [0.29, 0.717) is 33.8 Å². The number of carbonyl (C=O) groups excluding carboxylic acids is 1. The van der Waals surface area contributed by atoms with E-state index in [2.05, 4.69) is 5.32 Å². The Labute approximate surface area is 151 Å². The van der Waals surface area contributed by atoms with Crippen molar-refractivity contribution in [1.82, 2.24) is 4.90 Å². The van der Waals surface area contributed by atoms with Gasteiger partial charge in [-0.2, -0.15) is 0 Å². The molecule has 7 heteroatoms. The van der Waals surface area contributed by atoms with Crippen molar-refractivity contribution in [3.8, 4) is 11.5 Å². The number of benzene rings is 2. The lowest BCUT2D eigenvalue weighted by molar-refractivity contribution is 0.220. The first-order valence-electron chi connectivity index (χ1n) is 7.12. The highest BCUT2D eigenvalue weighted by molar-refractivity contribution is 6.32. The zero-order valence-electron chi connectivity index (χ0n) is 13.6. The lowest BCUT2D eigenvalue weighted by Crippen LogP contribution is -2.31. The van der Waals surface area contributed by atoms with Crippen LogP contribution in [0.15, 0.2) is 36.4 Å². The van der Waals surface area contributed by atoms with E-state index in [1.54, 1.807) is 36.2 Å². The van der Waals surface area contributed by atoms with Crippen LogP contribution in [0.5, 0.6) is 11.5 Å². The standard InChI is InChI=1S/C17H18Cl2N2O3/c1-21(10-11-4-6-12(18)7-5-11)17(22)20-14-9-15(23-2)13(19)8-16(14)24-3/h4-9H,10H2,1-3H3,(H,20,22). The van der Waals surface area contributed by atoms with Crippen LogP contribution in [0.4, 0.5) is 10.5 Å². The largest absolute Gasteiger partial charge is 0.495 e. The minimum atomic E-state index is -0.285. The van der Waals surface area contributed by atoms with Gasteiger partial charge in [0.2, 0.25) is 0 Å². The molecular weight excluding hydrogens is 351 g/mol. The molecule has 0 aliphatic rings. The van der Waals surface area contributed by atoms with Crippen LogP contribution in [0.25, 0.3) is 0 Å². The van der Waals surface area contributed by atoms with Crippen LogP contribution in [0.3, 0.4) is 0 Å². The number of hydrogen-bond donors (Lipinski definition) is 1. The Balaban J connectivity index is 2.12. The number of hydrogen-bond acceptors (Lipinski definition) is 3. The van der Waals surface area contributed by atoms with Crippen molar-refractivity contribution in [1.29, 1.82) is 0 Å². The van der Waals surface area contributed by atoms with Crippen molar-refractivity contribution in [2.75, 3.05) is 26.6 Å². The molecule has 2 amide bonds. The fourth-order valence-electron chi connectivity index (χ4n) is 2.10. The Bertz CT molecular complexity index is 721. The maximum absolute atomic E-state index is 12.4. The molecule has 0 radical (unpaired) electrons. The third-order valence-electron chi connectivity index (χ3n) is 3.40. The van der Waals surface area contributed by atoms with Gasteiger partial charge in [-0.1, -0.05) is 35.3 Å². The second kappa shape index (κ2) is 8.13. The van der Waals surface area contributed by atoms with Gasteiger partial charge >= 0.3 is 6.03 Å². The van der Waals surface area contributed by atoms with E-state index in [9.17, 15) is 4.79 Å². The van der Waals surface area contributed by atoms with E-state index >= 15 is 0 Å². The first kappa shape index (κ1) is 18.2. The highest BCUT2D eigenvalue weighted by Gasteiger charge is 2.15. The summed E-state index contributed by atoms with van der Waals surface area (Å²) in [6, 6.07) is 10.2. The molecule has 0 spiro atoms. The quantitative estimate of drug-likeness (QED) is 0.833. The van der Waals surface area contributed by atoms with E-state index in [0.717, 1.165) is 5.56 Å². The normalized spacial score (nSPS) is 10.2. The van der Waals surface area contributed by atoms with Gasteiger partial charge in [-0.05, 0) is 17.7 Å². The molecule has 0 bridgehead atoms. The highest BCUT2D eigenvalue weighted by Crippen LogP contribution is 2.35. The van der Waals surface area contributed by atoms with Crippen LogP contribution in [0, 0.1) is 0 Å². The summed E-state index contributed by atoms with van der Waals surface area (Å²) in [4.78, 5) is 13.9. The molecule has 0 fully saturated rings. The summed E-state index contributed by atoms with van der Waals surface area (Å²) in [6.07, 6.45) is 0. The minimum Gasteiger partial charge on any atom is -0.495 e. The monoisotopic (exact) mass is 368 g/mol.